The molecule has 1 amide bonds. The maximum atomic E-state index is 14.1. The van der Waals surface area contributed by atoms with Gasteiger partial charge in [-0.25, -0.2) is 14.0 Å². The van der Waals surface area contributed by atoms with Crippen molar-refractivity contribution in [1.29, 1.82) is 0 Å². The van der Waals surface area contributed by atoms with Crippen LogP contribution in [0.4, 0.5) is 15.0 Å². The maximum Gasteiger partial charge on any atom is 0.412 e. The molecular formula is C15H22FN3O6. The van der Waals surface area contributed by atoms with Gasteiger partial charge in [0.2, 0.25) is 0 Å². The molecule has 1 aliphatic rings. The van der Waals surface area contributed by atoms with E-state index in [-0.39, 0.29) is 6.61 Å². The van der Waals surface area contributed by atoms with E-state index in [0.717, 1.165) is 23.6 Å². The highest BCUT2D eigenvalue weighted by Crippen LogP contribution is 2.28. The number of carbonyl (C=O) groups excluding carboxylic acids is 1. The van der Waals surface area contributed by atoms with Crippen molar-refractivity contribution in [2.45, 2.75) is 57.6 Å². The van der Waals surface area contributed by atoms with Crippen molar-refractivity contribution in [3.63, 3.8) is 0 Å². The van der Waals surface area contributed by atoms with Gasteiger partial charge >= 0.3 is 11.8 Å². The third kappa shape index (κ3) is 4.53. The fraction of sp³-hybridized carbons (Fsp3) is 0.667. The lowest BCUT2D eigenvalue weighted by atomic mass is 10.1. The fourth-order valence-corrected chi connectivity index (χ4v) is 2.42. The third-order valence-electron chi connectivity index (χ3n) is 3.86. The SMILES string of the molecule is CCCCCOC(=O)Nc1nc(=O)n([C@H]2O[C@@H](C)C(O)[C@H]2O)cc1F. The Hall–Kier alpha value is -2.04. The minimum Gasteiger partial charge on any atom is -0.449 e. The molecule has 2 heterocycles. The summed E-state index contributed by atoms with van der Waals surface area (Å²) in [6.07, 6.45) is -2.25. The molecule has 10 heteroatoms. The van der Waals surface area contributed by atoms with Crippen molar-refractivity contribution in [3.8, 4) is 0 Å². The zero-order valence-corrected chi connectivity index (χ0v) is 14.0. The van der Waals surface area contributed by atoms with E-state index in [0.29, 0.717) is 6.42 Å². The number of unbranched alkanes of at least 4 members (excludes halogenated alkanes) is 2. The number of anilines is 1. The summed E-state index contributed by atoms with van der Waals surface area (Å²) in [5.74, 6) is -1.59. The van der Waals surface area contributed by atoms with E-state index in [1.807, 2.05) is 6.92 Å². The highest BCUT2D eigenvalue weighted by atomic mass is 19.1. The molecule has 9 nitrogen and oxygen atoms in total. The second-order valence-electron chi connectivity index (χ2n) is 5.81. The molecule has 0 saturated carbocycles. The van der Waals surface area contributed by atoms with Gasteiger partial charge in [-0.15, -0.1) is 0 Å². The molecule has 0 aromatic carbocycles. The van der Waals surface area contributed by atoms with Gasteiger partial charge in [-0.3, -0.25) is 9.88 Å². The second-order valence-corrected chi connectivity index (χ2v) is 5.81. The van der Waals surface area contributed by atoms with Crippen LogP contribution < -0.4 is 11.0 Å². The average Bonchev–Trinajstić information content (AvgIpc) is 2.82. The molecule has 0 bridgehead atoms. The van der Waals surface area contributed by atoms with Gasteiger partial charge in [0.25, 0.3) is 0 Å². The number of rotatable bonds is 6. The molecule has 140 valence electrons. The number of amides is 1. The summed E-state index contributed by atoms with van der Waals surface area (Å²) >= 11 is 0. The van der Waals surface area contributed by atoms with Crippen LogP contribution in [-0.4, -0.2) is 50.8 Å². The van der Waals surface area contributed by atoms with Crippen LogP contribution in [0.2, 0.25) is 0 Å². The molecule has 2 rings (SSSR count). The van der Waals surface area contributed by atoms with Crippen molar-refractivity contribution in [3.05, 3.63) is 22.5 Å². The molecule has 0 aliphatic carbocycles. The first-order chi connectivity index (χ1) is 11.8. The molecule has 1 fully saturated rings. The van der Waals surface area contributed by atoms with Crippen molar-refractivity contribution in [2.75, 3.05) is 11.9 Å². The van der Waals surface area contributed by atoms with E-state index in [1.165, 1.54) is 6.92 Å². The second kappa shape index (κ2) is 8.37. The molecule has 1 aromatic heterocycles. The first-order valence-corrected chi connectivity index (χ1v) is 8.09. The Labute approximate surface area is 143 Å². The minimum atomic E-state index is -1.41. The smallest absolute Gasteiger partial charge is 0.412 e. The number of aromatic nitrogens is 2. The van der Waals surface area contributed by atoms with Crippen LogP contribution in [0.5, 0.6) is 0 Å². The van der Waals surface area contributed by atoms with Crippen LogP contribution in [0.1, 0.15) is 39.3 Å². The summed E-state index contributed by atoms with van der Waals surface area (Å²) in [7, 11) is 0. The number of hydrogen-bond donors (Lipinski definition) is 3. The van der Waals surface area contributed by atoms with Gasteiger partial charge in [0.05, 0.1) is 18.9 Å². The van der Waals surface area contributed by atoms with E-state index in [2.05, 4.69) is 10.3 Å². The number of nitrogens with zero attached hydrogens (tertiary/aromatic N) is 2. The van der Waals surface area contributed by atoms with Gasteiger partial charge in [0.1, 0.15) is 12.2 Å². The Bertz CT molecular complexity index is 667. The highest BCUT2D eigenvalue weighted by molar-refractivity contribution is 5.83. The summed E-state index contributed by atoms with van der Waals surface area (Å²) in [5, 5.41) is 21.6. The van der Waals surface area contributed by atoms with Crippen LogP contribution in [-0.2, 0) is 9.47 Å². The lowest BCUT2D eigenvalue weighted by Crippen LogP contribution is -2.36. The first-order valence-electron chi connectivity index (χ1n) is 8.09. The number of hydrogen-bond acceptors (Lipinski definition) is 7. The summed E-state index contributed by atoms with van der Waals surface area (Å²) in [5.41, 5.74) is -0.951. The first kappa shape index (κ1) is 19.3. The predicted octanol–water partition coefficient (Wildman–Crippen LogP) is 0.760. The Morgan fingerprint density at radius 3 is 2.76 bits per heavy atom. The topological polar surface area (TPSA) is 123 Å². The Balaban J connectivity index is 2.07. The Kier molecular flexibility index (Phi) is 6.45. The molecule has 1 unspecified atom stereocenters. The third-order valence-corrected chi connectivity index (χ3v) is 3.86. The van der Waals surface area contributed by atoms with Gasteiger partial charge in [-0.1, -0.05) is 19.8 Å². The van der Waals surface area contributed by atoms with Gasteiger partial charge in [0.15, 0.2) is 17.9 Å². The number of nitrogens with one attached hydrogen (secondary N) is 1. The molecule has 0 spiro atoms. The molecule has 3 N–H and O–H groups in total. The van der Waals surface area contributed by atoms with Crippen LogP contribution >= 0.6 is 0 Å². The van der Waals surface area contributed by atoms with Gasteiger partial charge in [-0.2, -0.15) is 4.98 Å². The van der Waals surface area contributed by atoms with Gasteiger partial charge in [-0.05, 0) is 13.3 Å². The highest BCUT2D eigenvalue weighted by Gasteiger charge is 2.42. The van der Waals surface area contributed by atoms with Crippen LogP contribution in [0.25, 0.3) is 0 Å². The van der Waals surface area contributed by atoms with Crippen LogP contribution in [0.3, 0.4) is 0 Å². The number of ether oxygens (including phenoxy) is 2. The zero-order valence-electron chi connectivity index (χ0n) is 14.0. The summed E-state index contributed by atoms with van der Waals surface area (Å²) in [6.45, 7) is 3.68. The monoisotopic (exact) mass is 359 g/mol. The number of aliphatic hydroxyl groups is 2. The van der Waals surface area contributed by atoms with E-state index in [1.54, 1.807) is 0 Å². The fourth-order valence-electron chi connectivity index (χ4n) is 2.42. The quantitative estimate of drug-likeness (QED) is 0.641. The van der Waals surface area contributed by atoms with Crippen molar-refractivity contribution in [1.82, 2.24) is 9.55 Å². The molecule has 1 aliphatic heterocycles. The summed E-state index contributed by atoms with van der Waals surface area (Å²) in [4.78, 5) is 27.0. The minimum absolute atomic E-state index is 0.177. The molecule has 1 saturated heterocycles. The largest absolute Gasteiger partial charge is 0.449 e. The van der Waals surface area contributed by atoms with Crippen molar-refractivity contribution >= 4 is 11.9 Å². The van der Waals surface area contributed by atoms with E-state index in [9.17, 15) is 24.2 Å². The van der Waals surface area contributed by atoms with E-state index in [4.69, 9.17) is 9.47 Å². The van der Waals surface area contributed by atoms with Crippen molar-refractivity contribution in [2.24, 2.45) is 0 Å². The normalized spacial score (nSPS) is 25.8. The number of halogens is 1. The Morgan fingerprint density at radius 1 is 1.44 bits per heavy atom. The van der Waals surface area contributed by atoms with Crippen LogP contribution in [0.15, 0.2) is 11.0 Å². The summed E-state index contributed by atoms with van der Waals surface area (Å²) in [6, 6.07) is 0. The zero-order chi connectivity index (χ0) is 18.6. The van der Waals surface area contributed by atoms with Crippen LogP contribution in [0, 0.1) is 5.82 Å². The Morgan fingerprint density at radius 2 is 2.16 bits per heavy atom. The standard InChI is InChI=1S/C15H22FN3O6/c1-3-4-5-6-24-15(23)18-12-9(16)7-19(14(22)17-12)13-11(21)10(20)8(2)25-13/h7-8,10-11,13,20-21H,3-6H2,1-2H3,(H,17,18,22,23)/t8-,10?,11+,13-/m0/s1. The van der Waals surface area contributed by atoms with Gasteiger partial charge < -0.3 is 19.7 Å². The number of aliphatic hydroxyl groups excluding tert-OH is 2. The van der Waals surface area contributed by atoms with E-state index < -0.39 is 48.0 Å². The molecule has 25 heavy (non-hydrogen) atoms. The summed E-state index contributed by atoms with van der Waals surface area (Å²) < 4.78 is 24.9. The maximum absolute atomic E-state index is 14.1. The van der Waals surface area contributed by atoms with E-state index >= 15 is 0 Å². The lowest BCUT2D eigenvalue weighted by molar-refractivity contribution is -0.0355. The molecule has 0 radical (unpaired) electrons. The number of carbonyl (C=O) groups is 1. The average molecular weight is 359 g/mol. The van der Waals surface area contributed by atoms with Gasteiger partial charge in [0, 0.05) is 0 Å². The lowest BCUT2D eigenvalue weighted by Gasteiger charge is -2.17. The molecule has 1 aromatic rings. The van der Waals surface area contributed by atoms with Crippen molar-refractivity contribution < 1.29 is 28.9 Å². The molecule has 4 atom stereocenters. The molecular weight excluding hydrogens is 337 g/mol. The predicted molar refractivity (Wildman–Crippen MR) is 84.5 cm³/mol.